The Balaban J connectivity index is 1.20. The first-order chi connectivity index (χ1) is 18.1. The molecule has 0 bridgehead atoms. The van der Waals surface area contributed by atoms with Crippen LogP contribution in [0.3, 0.4) is 0 Å². The van der Waals surface area contributed by atoms with Crippen LogP contribution in [0.2, 0.25) is 0 Å². The Morgan fingerprint density at radius 2 is 2.08 bits per heavy atom. The number of nitrogens with one attached hydrogen (secondary N) is 1. The van der Waals surface area contributed by atoms with Crippen LogP contribution in [0.15, 0.2) is 48.7 Å². The summed E-state index contributed by atoms with van der Waals surface area (Å²) in [5.74, 6) is -0.473. The summed E-state index contributed by atoms with van der Waals surface area (Å²) in [6, 6.07) is 11.5. The number of fused-ring (bicyclic) bond motifs is 1. The van der Waals surface area contributed by atoms with E-state index in [1.807, 2.05) is 6.92 Å². The van der Waals surface area contributed by atoms with Gasteiger partial charge >= 0.3 is 17.9 Å². The van der Waals surface area contributed by atoms with Gasteiger partial charge in [0.05, 0.1) is 25.3 Å². The van der Waals surface area contributed by atoms with Gasteiger partial charge in [0.1, 0.15) is 30.5 Å². The van der Waals surface area contributed by atoms with Crippen LogP contribution in [-0.2, 0) is 16.1 Å². The van der Waals surface area contributed by atoms with E-state index in [2.05, 4.69) is 10.3 Å². The van der Waals surface area contributed by atoms with E-state index in [1.54, 1.807) is 41.0 Å². The van der Waals surface area contributed by atoms with Crippen molar-refractivity contribution in [3.05, 3.63) is 64.6 Å². The van der Waals surface area contributed by atoms with E-state index >= 15 is 4.39 Å². The number of halogens is 1. The second kappa shape index (κ2) is 9.65. The Kier molecular flexibility index (Phi) is 6.35. The lowest BCUT2D eigenvalue weighted by Gasteiger charge is -2.22. The summed E-state index contributed by atoms with van der Waals surface area (Å²) in [7, 11) is 0. The summed E-state index contributed by atoms with van der Waals surface area (Å²) in [5.41, 5.74) is 0.567. The Bertz CT molecular complexity index is 1380. The van der Waals surface area contributed by atoms with Gasteiger partial charge in [0.25, 0.3) is 0 Å². The Morgan fingerprint density at radius 3 is 2.74 bits per heavy atom. The number of anilines is 1. The molecule has 3 aromatic rings. The molecule has 5 rings (SSSR count). The number of carbonyl (C=O) groups is 2. The molecule has 0 aliphatic carbocycles. The molecule has 1 fully saturated rings. The van der Waals surface area contributed by atoms with Gasteiger partial charge in [-0.15, -0.1) is 0 Å². The van der Waals surface area contributed by atoms with Crippen LogP contribution in [0.4, 0.5) is 20.7 Å². The number of ether oxygens (including phenoxy) is 3. The Morgan fingerprint density at radius 1 is 1.32 bits per heavy atom. The lowest BCUT2D eigenvalue weighted by atomic mass is 10.0. The quantitative estimate of drug-likeness (QED) is 0.349. The first kappa shape index (κ1) is 25.0. The maximum Gasteiger partial charge on any atom is 0.415 e. The molecular formula is C25H24FN5O7. The van der Waals surface area contributed by atoms with Crippen molar-refractivity contribution in [1.29, 1.82) is 0 Å². The van der Waals surface area contributed by atoms with Crippen LogP contribution in [0.1, 0.15) is 13.8 Å². The number of carbonyl (C=O) groups excluding carboxylic acids is 2. The highest BCUT2D eigenvalue weighted by molar-refractivity contribution is 5.90. The van der Waals surface area contributed by atoms with Crippen molar-refractivity contribution in [1.82, 2.24) is 14.9 Å². The normalized spacial score (nSPS) is 20.0. The van der Waals surface area contributed by atoms with Gasteiger partial charge in [-0.1, -0.05) is 12.1 Å². The van der Waals surface area contributed by atoms with Crippen LogP contribution in [0.25, 0.3) is 11.1 Å². The van der Waals surface area contributed by atoms with Crippen molar-refractivity contribution in [3.63, 3.8) is 0 Å². The van der Waals surface area contributed by atoms with Crippen LogP contribution >= 0.6 is 0 Å². The average Bonchev–Trinajstić information content (AvgIpc) is 3.53. The summed E-state index contributed by atoms with van der Waals surface area (Å²) in [4.78, 5) is 38.8. The number of nitro groups is 1. The molecule has 2 atom stereocenters. The van der Waals surface area contributed by atoms with Crippen LogP contribution < -0.4 is 19.7 Å². The molecule has 3 heterocycles. The molecule has 1 saturated heterocycles. The molecule has 0 radical (unpaired) electrons. The number of hydrogen-bond acceptors (Lipinski definition) is 8. The second-order valence-corrected chi connectivity index (χ2v) is 9.35. The fourth-order valence-corrected chi connectivity index (χ4v) is 4.33. The predicted octanol–water partition coefficient (Wildman–Crippen LogP) is 3.29. The Hall–Kier alpha value is -4.68. The van der Waals surface area contributed by atoms with Gasteiger partial charge in [0.15, 0.2) is 5.60 Å². The smallest absolute Gasteiger partial charge is 0.415 e. The van der Waals surface area contributed by atoms with Crippen LogP contribution in [0.5, 0.6) is 11.8 Å². The summed E-state index contributed by atoms with van der Waals surface area (Å²) in [6.07, 6.45) is 0.209. The molecule has 1 aromatic heterocycles. The number of cyclic esters (lactones) is 1. The minimum absolute atomic E-state index is 0.168. The van der Waals surface area contributed by atoms with E-state index < -0.39 is 28.5 Å². The summed E-state index contributed by atoms with van der Waals surface area (Å²) >= 11 is 0. The molecule has 0 spiro atoms. The third-order valence-corrected chi connectivity index (χ3v) is 6.18. The van der Waals surface area contributed by atoms with E-state index in [1.165, 1.54) is 24.1 Å². The van der Waals surface area contributed by atoms with Crippen molar-refractivity contribution < 1.29 is 33.1 Å². The Labute approximate surface area is 216 Å². The highest BCUT2D eigenvalue weighted by Gasteiger charge is 2.41. The summed E-state index contributed by atoms with van der Waals surface area (Å²) in [5, 5.41) is 13.5. The second-order valence-electron chi connectivity index (χ2n) is 9.35. The zero-order valence-corrected chi connectivity index (χ0v) is 20.5. The minimum atomic E-state index is -0.754. The predicted molar refractivity (Wildman–Crippen MR) is 132 cm³/mol. The van der Waals surface area contributed by atoms with E-state index in [4.69, 9.17) is 14.2 Å². The van der Waals surface area contributed by atoms with Crippen LogP contribution in [-0.4, -0.2) is 57.9 Å². The summed E-state index contributed by atoms with van der Waals surface area (Å²) in [6.45, 7) is 4.09. The van der Waals surface area contributed by atoms with Crippen molar-refractivity contribution >= 4 is 23.5 Å². The molecule has 2 amide bonds. The zero-order valence-electron chi connectivity index (χ0n) is 20.5. The molecular weight excluding hydrogens is 501 g/mol. The van der Waals surface area contributed by atoms with Gasteiger partial charge in [-0.05, 0) is 47.7 Å². The number of amides is 2. The third-order valence-electron chi connectivity index (χ3n) is 6.18. The maximum absolute atomic E-state index is 15.0. The van der Waals surface area contributed by atoms with Crippen LogP contribution in [0, 0.1) is 15.9 Å². The van der Waals surface area contributed by atoms with Gasteiger partial charge in [-0.2, -0.15) is 0 Å². The number of imidazole rings is 1. The molecule has 38 heavy (non-hydrogen) atoms. The lowest BCUT2D eigenvalue weighted by molar-refractivity contribution is -0.389. The highest BCUT2D eigenvalue weighted by Crippen LogP contribution is 2.33. The molecule has 2 aliphatic rings. The molecule has 2 unspecified atom stereocenters. The third kappa shape index (κ3) is 5.08. The molecule has 13 heteroatoms. The standard InChI is InChI=1S/C25H24FN5O7/c1-15(32)27-10-19-11-30(24(33)37-19)17-5-8-20(21(26)9-17)16-3-6-18(7-4-16)36-14-25(2)13-29-12-22(31(34)35)28-23(29)38-25/h3-9,12,19H,10-11,13-14H2,1-2H3,(H,27,32). The molecule has 2 aliphatic heterocycles. The van der Waals surface area contributed by atoms with Gasteiger partial charge in [-0.25, -0.2) is 9.18 Å². The van der Waals surface area contributed by atoms with E-state index in [9.17, 15) is 19.7 Å². The van der Waals surface area contributed by atoms with Crippen molar-refractivity contribution in [2.45, 2.75) is 32.1 Å². The molecule has 2 aromatic carbocycles. The SMILES string of the molecule is CC(=O)NCC1CN(c2ccc(-c3ccc(OCC4(C)Cn5cc([N+](=O)[O-])nc5O4)cc3)c(F)c2)C(=O)O1. The topological polar surface area (TPSA) is 138 Å². The van der Waals surface area contributed by atoms with Crippen molar-refractivity contribution in [3.8, 4) is 22.9 Å². The number of aromatic nitrogens is 2. The largest absolute Gasteiger partial charge is 0.489 e. The highest BCUT2D eigenvalue weighted by atomic mass is 19.1. The number of nitrogens with zero attached hydrogens (tertiary/aromatic N) is 4. The van der Waals surface area contributed by atoms with E-state index in [0.29, 0.717) is 29.1 Å². The number of hydrogen-bond donors (Lipinski definition) is 1. The fourth-order valence-electron chi connectivity index (χ4n) is 4.33. The number of benzene rings is 2. The van der Waals surface area contributed by atoms with E-state index in [0.717, 1.165) is 0 Å². The molecule has 0 saturated carbocycles. The first-order valence-corrected chi connectivity index (χ1v) is 11.8. The number of rotatable bonds is 8. The zero-order chi connectivity index (χ0) is 27.0. The fraction of sp³-hybridized carbons (Fsp3) is 0.320. The lowest BCUT2D eigenvalue weighted by Crippen LogP contribution is -2.38. The maximum atomic E-state index is 15.0. The van der Waals surface area contributed by atoms with E-state index in [-0.39, 0.29) is 37.4 Å². The first-order valence-electron chi connectivity index (χ1n) is 11.8. The van der Waals surface area contributed by atoms with Gasteiger partial charge < -0.3 is 29.6 Å². The summed E-state index contributed by atoms with van der Waals surface area (Å²) < 4.78 is 33.4. The molecule has 12 nitrogen and oxygen atoms in total. The average molecular weight is 525 g/mol. The molecule has 1 N–H and O–H groups in total. The van der Waals surface area contributed by atoms with Gasteiger partial charge in [0, 0.05) is 17.5 Å². The van der Waals surface area contributed by atoms with Crippen molar-refractivity contribution in [2.24, 2.45) is 0 Å². The van der Waals surface area contributed by atoms with Crippen molar-refractivity contribution in [2.75, 3.05) is 24.6 Å². The van der Waals surface area contributed by atoms with Gasteiger partial charge in [0.2, 0.25) is 5.91 Å². The molecule has 198 valence electrons. The van der Waals surface area contributed by atoms with Gasteiger partial charge in [-0.3, -0.25) is 14.3 Å². The monoisotopic (exact) mass is 525 g/mol. The minimum Gasteiger partial charge on any atom is -0.489 e.